The van der Waals surface area contributed by atoms with E-state index in [2.05, 4.69) is 16.6 Å². The fraction of sp³-hybridized carbons (Fsp3) is 0.467. The van der Waals surface area contributed by atoms with Crippen LogP contribution in [0.15, 0.2) is 29.2 Å². The van der Waals surface area contributed by atoms with Gasteiger partial charge in [-0.05, 0) is 48.5 Å². The van der Waals surface area contributed by atoms with Crippen molar-refractivity contribution < 1.29 is 8.42 Å². The highest BCUT2D eigenvalue weighted by molar-refractivity contribution is 7.99. The minimum atomic E-state index is -3.46. The molecular formula is C15H20N2O2S2. The molecule has 0 radical (unpaired) electrons. The molecule has 0 spiro atoms. The zero-order valence-electron chi connectivity index (χ0n) is 11.8. The molecule has 1 aliphatic heterocycles. The molecule has 0 aromatic heterocycles. The van der Waals surface area contributed by atoms with E-state index < -0.39 is 10.0 Å². The van der Waals surface area contributed by atoms with E-state index in [0.717, 1.165) is 24.3 Å². The summed E-state index contributed by atoms with van der Waals surface area (Å²) in [6.07, 6.45) is 2.16. The van der Waals surface area contributed by atoms with Gasteiger partial charge in [0.15, 0.2) is 0 Å². The Kier molecular flexibility index (Phi) is 6.12. The molecular weight excluding hydrogens is 304 g/mol. The van der Waals surface area contributed by atoms with Crippen LogP contribution in [0.4, 0.5) is 0 Å². The van der Waals surface area contributed by atoms with E-state index in [4.69, 9.17) is 5.73 Å². The van der Waals surface area contributed by atoms with Gasteiger partial charge in [0.2, 0.25) is 10.0 Å². The topological polar surface area (TPSA) is 72.2 Å². The van der Waals surface area contributed by atoms with Gasteiger partial charge in [-0.3, -0.25) is 0 Å². The molecule has 1 saturated heterocycles. The maximum atomic E-state index is 12.3. The molecule has 0 atom stereocenters. The lowest BCUT2D eigenvalue weighted by molar-refractivity contribution is 0.476. The van der Waals surface area contributed by atoms with E-state index >= 15 is 0 Å². The second kappa shape index (κ2) is 7.85. The van der Waals surface area contributed by atoms with Crippen molar-refractivity contribution in [3.63, 3.8) is 0 Å². The Balaban J connectivity index is 2.04. The SMILES string of the molecule is NCC#Cc1cccc(S(=O)(=O)NCC2CCSCC2)c1. The molecule has 0 unspecified atom stereocenters. The Morgan fingerprint density at radius 2 is 2.10 bits per heavy atom. The lowest BCUT2D eigenvalue weighted by Crippen LogP contribution is -2.31. The number of rotatable bonds is 4. The van der Waals surface area contributed by atoms with Crippen LogP contribution in [-0.2, 0) is 10.0 Å². The third kappa shape index (κ3) is 5.04. The highest BCUT2D eigenvalue weighted by atomic mass is 32.2. The van der Waals surface area contributed by atoms with Gasteiger partial charge in [0.25, 0.3) is 0 Å². The fourth-order valence-electron chi connectivity index (χ4n) is 2.16. The summed E-state index contributed by atoms with van der Waals surface area (Å²) in [5.74, 6) is 8.27. The lowest BCUT2D eigenvalue weighted by atomic mass is 10.0. The maximum absolute atomic E-state index is 12.3. The van der Waals surface area contributed by atoms with Crippen molar-refractivity contribution in [2.24, 2.45) is 11.7 Å². The molecule has 0 bridgehead atoms. The minimum absolute atomic E-state index is 0.259. The first kappa shape index (κ1) is 16.4. The van der Waals surface area contributed by atoms with Crippen molar-refractivity contribution >= 4 is 21.8 Å². The second-order valence-electron chi connectivity index (χ2n) is 4.94. The van der Waals surface area contributed by atoms with Crippen LogP contribution in [0.2, 0.25) is 0 Å². The molecule has 21 heavy (non-hydrogen) atoms. The summed E-state index contributed by atoms with van der Waals surface area (Å²) in [4.78, 5) is 0.261. The quantitative estimate of drug-likeness (QED) is 0.822. The van der Waals surface area contributed by atoms with Gasteiger partial charge >= 0.3 is 0 Å². The number of benzene rings is 1. The van der Waals surface area contributed by atoms with Crippen molar-refractivity contribution in [3.8, 4) is 11.8 Å². The van der Waals surface area contributed by atoms with Crippen LogP contribution in [0, 0.1) is 17.8 Å². The Labute approximate surface area is 130 Å². The number of hydrogen-bond acceptors (Lipinski definition) is 4. The summed E-state index contributed by atoms with van der Waals surface area (Å²) in [6, 6.07) is 6.65. The number of thioether (sulfide) groups is 1. The lowest BCUT2D eigenvalue weighted by Gasteiger charge is -2.21. The summed E-state index contributed by atoms with van der Waals surface area (Å²) in [7, 11) is -3.46. The van der Waals surface area contributed by atoms with E-state index in [-0.39, 0.29) is 11.4 Å². The predicted octanol–water partition coefficient (Wildman–Crippen LogP) is 1.42. The molecule has 1 heterocycles. The summed E-state index contributed by atoms with van der Waals surface area (Å²) in [6.45, 7) is 0.774. The van der Waals surface area contributed by atoms with E-state index in [0.29, 0.717) is 18.0 Å². The largest absolute Gasteiger partial charge is 0.320 e. The van der Waals surface area contributed by atoms with E-state index in [9.17, 15) is 8.42 Å². The van der Waals surface area contributed by atoms with Gasteiger partial charge in [0.05, 0.1) is 11.4 Å². The predicted molar refractivity (Wildman–Crippen MR) is 87.6 cm³/mol. The molecule has 1 aromatic carbocycles. The van der Waals surface area contributed by atoms with Gasteiger partial charge in [-0.15, -0.1) is 0 Å². The van der Waals surface area contributed by atoms with Crippen molar-refractivity contribution in [1.29, 1.82) is 0 Å². The smallest absolute Gasteiger partial charge is 0.240 e. The maximum Gasteiger partial charge on any atom is 0.240 e. The van der Waals surface area contributed by atoms with Crippen molar-refractivity contribution in [1.82, 2.24) is 4.72 Å². The van der Waals surface area contributed by atoms with Crippen molar-refractivity contribution in [2.75, 3.05) is 24.6 Å². The zero-order chi connectivity index (χ0) is 15.1. The number of nitrogens with two attached hydrogens (primary N) is 1. The average molecular weight is 324 g/mol. The first-order chi connectivity index (χ1) is 10.1. The highest BCUT2D eigenvalue weighted by Crippen LogP contribution is 2.22. The van der Waals surface area contributed by atoms with E-state index in [1.807, 2.05) is 11.8 Å². The molecule has 114 valence electrons. The average Bonchev–Trinajstić information content (AvgIpc) is 2.52. The number of sulfonamides is 1. The Morgan fingerprint density at radius 1 is 1.33 bits per heavy atom. The Morgan fingerprint density at radius 3 is 2.81 bits per heavy atom. The van der Waals surface area contributed by atoms with Crippen molar-refractivity contribution in [2.45, 2.75) is 17.7 Å². The van der Waals surface area contributed by atoms with Gasteiger partial charge in [0, 0.05) is 12.1 Å². The molecule has 1 fully saturated rings. The molecule has 6 heteroatoms. The van der Waals surface area contributed by atoms with Crippen LogP contribution < -0.4 is 10.5 Å². The van der Waals surface area contributed by atoms with Crippen LogP contribution in [-0.4, -0.2) is 33.0 Å². The van der Waals surface area contributed by atoms with Crippen molar-refractivity contribution in [3.05, 3.63) is 29.8 Å². The summed E-state index contributed by atoms with van der Waals surface area (Å²) < 4.78 is 27.3. The first-order valence-electron chi connectivity index (χ1n) is 6.98. The number of hydrogen-bond donors (Lipinski definition) is 2. The second-order valence-corrected chi connectivity index (χ2v) is 7.93. The van der Waals surface area contributed by atoms with Crippen LogP contribution in [0.25, 0.3) is 0 Å². The molecule has 1 aromatic rings. The normalized spacial score (nSPS) is 16.2. The van der Waals surface area contributed by atoms with Gasteiger partial charge in [-0.1, -0.05) is 17.9 Å². The fourth-order valence-corrected chi connectivity index (χ4v) is 4.52. The molecule has 2 rings (SSSR count). The molecule has 3 N–H and O–H groups in total. The van der Waals surface area contributed by atoms with Crippen LogP contribution in [0.5, 0.6) is 0 Å². The summed E-state index contributed by atoms with van der Waals surface area (Å²) in [5.41, 5.74) is 5.99. The van der Waals surface area contributed by atoms with E-state index in [1.165, 1.54) is 0 Å². The highest BCUT2D eigenvalue weighted by Gasteiger charge is 2.19. The van der Waals surface area contributed by atoms with E-state index in [1.54, 1.807) is 24.3 Å². The zero-order valence-corrected chi connectivity index (χ0v) is 13.5. The monoisotopic (exact) mass is 324 g/mol. The molecule has 1 aliphatic rings. The van der Waals surface area contributed by atoms with Gasteiger partial charge in [-0.2, -0.15) is 11.8 Å². The third-order valence-corrected chi connectivity index (χ3v) is 5.85. The minimum Gasteiger partial charge on any atom is -0.320 e. The summed E-state index contributed by atoms with van der Waals surface area (Å²) in [5, 5.41) is 0. The third-order valence-electron chi connectivity index (χ3n) is 3.38. The molecule has 0 aliphatic carbocycles. The molecule has 4 nitrogen and oxygen atoms in total. The Hall–Kier alpha value is -1.00. The molecule has 0 amide bonds. The number of nitrogens with one attached hydrogen (secondary N) is 1. The van der Waals surface area contributed by atoms with Gasteiger partial charge in [-0.25, -0.2) is 13.1 Å². The first-order valence-corrected chi connectivity index (χ1v) is 9.62. The van der Waals surface area contributed by atoms with Gasteiger partial charge in [0.1, 0.15) is 0 Å². The Bertz CT molecular complexity index is 627. The van der Waals surface area contributed by atoms with Gasteiger partial charge < -0.3 is 5.73 Å². The standard InChI is InChI=1S/C15H20N2O2S2/c16-8-2-4-13-3-1-5-15(11-13)21(18,19)17-12-14-6-9-20-10-7-14/h1,3,5,11,14,17H,6-10,12,16H2. The van der Waals surface area contributed by atoms with Crippen LogP contribution in [0.3, 0.4) is 0 Å². The van der Waals surface area contributed by atoms with Crippen LogP contribution >= 0.6 is 11.8 Å². The van der Waals surface area contributed by atoms with Crippen LogP contribution in [0.1, 0.15) is 18.4 Å². The molecule has 0 saturated carbocycles. The summed E-state index contributed by atoms with van der Waals surface area (Å²) >= 11 is 1.94.